The minimum absolute atomic E-state index is 0.136. The smallest absolute Gasteiger partial charge is 0.0541 e. The first-order chi connectivity index (χ1) is 6.63. The van der Waals surface area contributed by atoms with Crippen LogP contribution in [-0.2, 0) is 0 Å². The lowest BCUT2D eigenvalue weighted by Crippen LogP contribution is -2.39. The highest BCUT2D eigenvalue weighted by Crippen LogP contribution is 2.21. The van der Waals surface area contributed by atoms with Crippen LogP contribution in [0.5, 0.6) is 0 Å². The average molecular weight is 220 g/mol. The SMILES string of the molecule is CC(CCl)CN1CCC(C(C)O)CC1. The number of hydrogen-bond acceptors (Lipinski definition) is 2. The van der Waals surface area contributed by atoms with Crippen molar-refractivity contribution >= 4 is 11.6 Å². The van der Waals surface area contributed by atoms with Gasteiger partial charge in [0.15, 0.2) is 0 Å². The molecule has 0 aromatic rings. The molecule has 0 amide bonds. The van der Waals surface area contributed by atoms with Crippen LogP contribution in [0.4, 0.5) is 0 Å². The Morgan fingerprint density at radius 2 is 1.93 bits per heavy atom. The fraction of sp³-hybridized carbons (Fsp3) is 1.00. The number of rotatable bonds is 4. The summed E-state index contributed by atoms with van der Waals surface area (Å²) in [5, 5.41) is 9.45. The van der Waals surface area contributed by atoms with E-state index in [0.29, 0.717) is 11.8 Å². The maximum atomic E-state index is 9.45. The third-order valence-electron chi connectivity index (χ3n) is 3.15. The van der Waals surface area contributed by atoms with Crippen LogP contribution in [0.2, 0.25) is 0 Å². The highest BCUT2D eigenvalue weighted by Gasteiger charge is 2.22. The summed E-state index contributed by atoms with van der Waals surface area (Å²) in [4.78, 5) is 2.46. The third-order valence-corrected chi connectivity index (χ3v) is 3.67. The lowest BCUT2D eigenvalue weighted by Gasteiger charge is -2.34. The maximum Gasteiger partial charge on any atom is 0.0541 e. The van der Waals surface area contributed by atoms with Crippen LogP contribution >= 0.6 is 11.6 Å². The van der Waals surface area contributed by atoms with Crippen LogP contribution in [0.1, 0.15) is 26.7 Å². The Kier molecular flexibility index (Phi) is 5.21. The lowest BCUT2D eigenvalue weighted by molar-refractivity contribution is 0.0684. The number of aliphatic hydroxyl groups excluding tert-OH is 1. The number of hydrogen-bond donors (Lipinski definition) is 1. The Morgan fingerprint density at radius 3 is 2.36 bits per heavy atom. The molecule has 1 saturated heterocycles. The molecule has 2 atom stereocenters. The molecule has 0 radical (unpaired) electrons. The van der Waals surface area contributed by atoms with E-state index in [9.17, 15) is 5.11 Å². The highest BCUT2D eigenvalue weighted by atomic mass is 35.5. The van der Waals surface area contributed by atoms with Gasteiger partial charge < -0.3 is 10.0 Å². The van der Waals surface area contributed by atoms with E-state index in [-0.39, 0.29) is 6.10 Å². The van der Waals surface area contributed by atoms with Crippen molar-refractivity contribution in [1.82, 2.24) is 4.90 Å². The summed E-state index contributed by atoms with van der Waals surface area (Å²) in [6.45, 7) is 7.44. The highest BCUT2D eigenvalue weighted by molar-refractivity contribution is 6.18. The minimum Gasteiger partial charge on any atom is -0.393 e. The molecule has 0 saturated carbocycles. The topological polar surface area (TPSA) is 23.5 Å². The number of piperidine rings is 1. The zero-order chi connectivity index (χ0) is 10.6. The number of aliphatic hydroxyl groups is 1. The molecular weight excluding hydrogens is 198 g/mol. The van der Waals surface area contributed by atoms with Gasteiger partial charge in [0, 0.05) is 12.4 Å². The van der Waals surface area contributed by atoms with Crippen molar-refractivity contribution in [2.24, 2.45) is 11.8 Å². The average Bonchev–Trinajstić information content (AvgIpc) is 2.18. The molecule has 0 aliphatic carbocycles. The Bertz CT molecular complexity index is 155. The second-order valence-electron chi connectivity index (χ2n) is 4.64. The molecule has 0 bridgehead atoms. The van der Waals surface area contributed by atoms with Crippen molar-refractivity contribution in [1.29, 1.82) is 0 Å². The molecule has 0 aromatic heterocycles. The van der Waals surface area contributed by atoms with Crippen LogP contribution in [0.25, 0.3) is 0 Å². The van der Waals surface area contributed by atoms with E-state index in [0.717, 1.165) is 38.4 Å². The number of alkyl halides is 1. The van der Waals surface area contributed by atoms with Gasteiger partial charge in [-0.05, 0) is 44.7 Å². The molecule has 0 aromatic carbocycles. The third kappa shape index (κ3) is 3.76. The Hall–Kier alpha value is 0.210. The van der Waals surface area contributed by atoms with Crippen LogP contribution < -0.4 is 0 Å². The summed E-state index contributed by atoms with van der Waals surface area (Å²) in [6.07, 6.45) is 2.13. The van der Waals surface area contributed by atoms with Gasteiger partial charge in [-0.1, -0.05) is 6.92 Å². The van der Waals surface area contributed by atoms with Crippen molar-refractivity contribution in [3.8, 4) is 0 Å². The minimum atomic E-state index is -0.136. The molecule has 3 heteroatoms. The normalized spacial score (nSPS) is 24.9. The van der Waals surface area contributed by atoms with Gasteiger partial charge in [0.1, 0.15) is 0 Å². The molecule has 1 rings (SSSR count). The molecule has 2 unspecified atom stereocenters. The molecule has 1 heterocycles. The Morgan fingerprint density at radius 1 is 1.36 bits per heavy atom. The quantitative estimate of drug-likeness (QED) is 0.731. The van der Waals surface area contributed by atoms with Gasteiger partial charge in [0.25, 0.3) is 0 Å². The number of likely N-dealkylation sites (tertiary alicyclic amines) is 1. The predicted molar refractivity (Wildman–Crippen MR) is 60.7 cm³/mol. The van der Waals surface area contributed by atoms with Crippen LogP contribution in [0, 0.1) is 11.8 Å². The largest absolute Gasteiger partial charge is 0.393 e. The molecule has 1 aliphatic rings. The van der Waals surface area contributed by atoms with E-state index < -0.39 is 0 Å². The molecule has 1 aliphatic heterocycles. The zero-order valence-electron chi connectivity index (χ0n) is 9.25. The van der Waals surface area contributed by atoms with Crippen molar-refractivity contribution in [3.05, 3.63) is 0 Å². The fourth-order valence-corrected chi connectivity index (χ4v) is 2.21. The molecule has 1 fully saturated rings. The summed E-state index contributed by atoms with van der Waals surface area (Å²) in [5.74, 6) is 1.84. The van der Waals surface area contributed by atoms with Crippen molar-refractivity contribution in [3.63, 3.8) is 0 Å². The number of halogens is 1. The van der Waals surface area contributed by atoms with Crippen molar-refractivity contribution < 1.29 is 5.11 Å². The Balaban J connectivity index is 2.22. The van der Waals surface area contributed by atoms with Gasteiger partial charge in [-0.3, -0.25) is 0 Å². The van der Waals surface area contributed by atoms with Crippen molar-refractivity contribution in [2.75, 3.05) is 25.5 Å². The van der Waals surface area contributed by atoms with Crippen LogP contribution in [-0.4, -0.2) is 41.6 Å². The summed E-state index contributed by atoms with van der Waals surface area (Å²) < 4.78 is 0. The first-order valence-corrected chi connectivity index (χ1v) is 6.13. The van der Waals surface area contributed by atoms with Gasteiger partial charge in [-0.2, -0.15) is 0 Å². The van der Waals surface area contributed by atoms with Gasteiger partial charge in [0.05, 0.1) is 6.10 Å². The van der Waals surface area contributed by atoms with E-state index in [4.69, 9.17) is 11.6 Å². The summed E-state index contributed by atoms with van der Waals surface area (Å²) >= 11 is 5.78. The van der Waals surface area contributed by atoms with Crippen LogP contribution in [0.3, 0.4) is 0 Å². The Labute approximate surface area is 92.2 Å². The van der Waals surface area contributed by atoms with E-state index in [1.54, 1.807) is 0 Å². The fourth-order valence-electron chi connectivity index (χ4n) is 2.11. The molecular formula is C11H22ClNO. The molecule has 84 valence electrons. The van der Waals surface area contributed by atoms with Gasteiger partial charge in [-0.25, -0.2) is 0 Å². The van der Waals surface area contributed by atoms with E-state index >= 15 is 0 Å². The molecule has 2 nitrogen and oxygen atoms in total. The first-order valence-electron chi connectivity index (χ1n) is 5.60. The second-order valence-corrected chi connectivity index (χ2v) is 4.95. The van der Waals surface area contributed by atoms with Gasteiger partial charge in [0.2, 0.25) is 0 Å². The first kappa shape index (κ1) is 12.3. The van der Waals surface area contributed by atoms with E-state index in [1.165, 1.54) is 0 Å². The van der Waals surface area contributed by atoms with E-state index in [1.807, 2.05) is 6.92 Å². The standard InChI is InChI=1S/C11H22ClNO/c1-9(7-12)8-13-5-3-11(4-6-13)10(2)14/h9-11,14H,3-8H2,1-2H3. The summed E-state index contributed by atoms with van der Waals surface area (Å²) in [7, 11) is 0. The molecule has 14 heavy (non-hydrogen) atoms. The lowest BCUT2D eigenvalue weighted by atomic mass is 9.92. The second kappa shape index (κ2) is 5.94. The molecule has 0 spiro atoms. The van der Waals surface area contributed by atoms with Crippen molar-refractivity contribution in [2.45, 2.75) is 32.8 Å². The van der Waals surface area contributed by atoms with Crippen LogP contribution in [0.15, 0.2) is 0 Å². The summed E-state index contributed by atoms with van der Waals surface area (Å²) in [5.41, 5.74) is 0. The monoisotopic (exact) mass is 219 g/mol. The predicted octanol–water partition coefficient (Wildman–Crippen LogP) is 1.95. The number of nitrogens with zero attached hydrogens (tertiary/aromatic N) is 1. The maximum absolute atomic E-state index is 9.45. The molecule has 1 N–H and O–H groups in total. The van der Waals surface area contributed by atoms with Gasteiger partial charge >= 0.3 is 0 Å². The van der Waals surface area contributed by atoms with Gasteiger partial charge in [-0.15, -0.1) is 11.6 Å². The zero-order valence-corrected chi connectivity index (χ0v) is 10.0. The summed E-state index contributed by atoms with van der Waals surface area (Å²) in [6, 6.07) is 0. The van der Waals surface area contributed by atoms with E-state index in [2.05, 4.69) is 11.8 Å².